The Balaban J connectivity index is 2.43. The molecule has 0 saturated heterocycles. The van der Waals surface area contributed by atoms with Gasteiger partial charge in [-0.15, -0.1) is 0 Å². The Morgan fingerprint density at radius 1 is 1.23 bits per heavy atom. The van der Waals surface area contributed by atoms with Crippen LogP contribution >= 0.6 is 11.6 Å². The molecule has 0 aromatic heterocycles. The second-order valence-electron chi connectivity index (χ2n) is 4.56. The lowest BCUT2D eigenvalue weighted by atomic mass is 10.1. The SMILES string of the molecule is CCOc1c(CNC)cccc1Oc1cc(Cl)ccc1C#N. The average Bonchev–Trinajstić information content (AvgIpc) is 2.51. The normalized spacial score (nSPS) is 10.1. The highest BCUT2D eigenvalue weighted by atomic mass is 35.5. The van der Waals surface area contributed by atoms with Crippen LogP contribution in [0.15, 0.2) is 36.4 Å². The Hall–Kier alpha value is -2.22. The van der Waals surface area contributed by atoms with Crippen molar-refractivity contribution in [1.82, 2.24) is 5.32 Å². The van der Waals surface area contributed by atoms with Crippen molar-refractivity contribution in [1.29, 1.82) is 5.26 Å². The number of halogens is 1. The van der Waals surface area contributed by atoms with Crippen LogP contribution in [0.4, 0.5) is 0 Å². The fraction of sp³-hybridized carbons (Fsp3) is 0.235. The number of hydrogen-bond donors (Lipinski definition) is 1. The van der Waals surface area contributed by atoms with Crippen LogP contribution in [0, 0.1) is 11.3 Å². The number of para-hydroxylation sites is 1. The Morgan fingerprint density at radius 3 is 2.73 bits per heavy atom. The van der Waals surface area contributed by atoms with Crippen molar-refractivity contribution in [3.63, 3.8) is 0 Å². The van der Waals surface area contributed by atoms with Gasteiger partial charge in [0.1, 0.15) is 11.8 Å². The summed E-state index contributed by atoms with van der Waals surface area (Å²) in [6.07, 6.45) is 0. The van der Waals surface area contributed by atoms with Gasteiger partial charge in [-0.3, -0.25) is 0 Å². The van der Waals surface area contributed by atoms with Crippen molar-refractivity contribution in [2.24, 2.45) is 0 Å². The lowest BCUT2D eigenvalue weighted by Gasteiger charge is -2.16. The van der Waals surface area contributed by atoms with E-state index in [2.05, 4.69) is 11.4 Å². The molecule has 0 aliphatic heterocycles. The highest BCUT2D eigenvalue weighted by molar-refractivity contribution is 6.30. The number of nitrogens with zero attached hydrogens (tertiary/aromatic N) is 1. The Labute approximate surface area is 135 Å². The minimum Gasteiger partial charge on any atom is -0.490 e. The fourth-order valence-corrected chi connectivity index (χ4v) is 2.23. The number of ether oxygens (including phenoxy) is 2. The average molecular weight is 317 g/mol. The summed E-state index contributed by atoms with van der Waals surface area (Å²) in [5, 5.41) is 12.8. The van der Waals surface area contributed by atoms with Gasteiger partial charge in [0.05, 0.1) is 12.2 Å². The summed E-state index contributed by atoms with van der Waals surface area (Å²) in [7, 11) is 1.87. The van der Waals surface area contributed by atoms with Crippen LogP contribution in [0.25, 0.3) is 0 Å². The van der Waals surface area contributed by atoms with Crippen LogP contribution in [0.3, 0.4) is 0 Å². The lowest BCUT2D eigenvalue weighted by Crippen LogP contribution is -2.08. The van der Waals surface area contributed by atoms with Crippen LogP contribution in [-0.4, -0.2) is 13.7 Å². The molecule has 0 bridgehead atoms. The number of hydrogen-bond acceptors (Lipinski definition) is 4. The van der Waals surface area contributed by atoms with Crippen molar-refractivity contribution < 1.29 is 9.47 Å². The molecule has 2 aromatic carbocycles. The molecule has 2 aromatic rings. The van der Waals surface area contributed by atoms with Gasteiger partial charge in [0, 0.05) is 23.2 Å². The third-order valence-electron chi connectivity index (χ3n) is 3.00. The molecule has 0 atom stereocenters. The van der Waals surface area contributed by atoms with E-state index in [0.717, 1.165) is 5.56 Å². The Morgan fingerprint density at radius 2 is 2.05 bits per heavy atom. The first-order valence-electron chi connectivity index (χ1n) is 6.96. The first kappa shape index (κ1) is 16.2. The van der Waals surface area contributed by atoms with Gasteiger partial charge < -0.3 is 14.8 Å². The molecule has 0 aliphatic rings. The van der Waals surface area contributed by atoms with E-state index in [0.29, 0.717) is 41.0 Å². The Kier molecular flexibility index (Phi) is 5.65. The topological polar surface area (TPSA) is 54.3 Å². The molecule has 0 saturated carbocycles. The van der Waals surface area contributed by atoms with Crippen LogP contribution in [-0.2, 0) is 6.54 Å². The van der Waals surface area contributed by atoms with E-state index in [4.69, 9.17) is 21.1 Å². The Bertz CT molecular complexity index is 696. The zero-order chi connectivity index (χ0) is 15.9. The molecule has 0 aliphatic carbocycles. The van der Waals surface area contributed by atoms with Gasteiger partial charge in [-0.05, 0) is 32.2 Å². The van der Waals surface area contributed by atoms with Crippen molar-refractivity contribution in [3.05, 3.63) is 52.5 Å². The number of nitriles is 1. The zero-order valence-electron chi connectivity index (χ0n) is 12.5. The zero-order valence-corrected chi connectivity index (χ0v) is 13.3. The van der Waals surface area contributed by atoms with Crippen molar-refractivity contribution in [2.45, 2.75) is 13.5 Å². The van der Waals surface area contributed by atoms with Gasteiger partial charge in [-0.1, -0.05) is 23.7 Å². The van der Waals surface area contributed by atoms with Gasteiger partial charge in [-0.25, -0.2) is 0 Å². The van der Waals surface area contributed by atoms with E-state index >= 15 is 0 Å². The molecule has 22 heavy (non-hydrogen) atoms. The molecule has 114 valence electrons. The van der Waals surface area contributed by atoms with Crippen molar-refractivity contribution in [2.75, 3.05) is 13.7 Å². The first-order chi connectivity index (χ1) is 10.7. The largest absolute Gasteiger partial charge is 0.490 e. The molecule has 0 heterocycles. The van der Waals surface area contributed by atoms with Gasteiger partial charge in [-0.2, -0.15) is 5.26 Å². The molecule has 0 radical (unpaired) electrons. The van der Waals surface area contributed by atoms with E-state index in [1.54, 1.807) is 18.2 Å². The van der Waals surface area contributed by atoms with E-state index in [1.807, 2.05) is 32.2 Å². The summed E-state index contributed by atoms with van der Waals surface area (Å²) in [5.41, 5.74) is 1.41. The second-order valence-corrected chi connectivity index (χ2v) is 5.00. The minimum atomic E-state index is 0.414. The summed E-state index contributed by atoms with van der Waals surface area (Å²) >= 11 is 5.99. The highest BCUT2D eigenvalue weighted by Gasteiger charge is 2.13. The van der Waals surface area contributed by atoms with Crippen LogP contribution in [0.1, 0.15) is 18.1 Å². The molecule has 0 spiro atoms. The number of benzene rings is 2. The summed E-state index contributed by atoms with van der Waals surface area (Å²) in [6, 6.07) is 12.7. The number of rotatable bonds is 6. The number of nitrogens with one attached hydrogen (secondary N) is 1. The first-order valence-corrected chi connectivity index (χ1v) is 7.34. The maximum Gasteiger partial charge on any atom is 0.169 e. The molecule has 0 amide bonds. The van der Waals surface area contributed by atoms with Gasteiger partial charge in [0.2, 0.25) is 0 Å². The van der Waals surface area contributed by atoms with Gasteiger partial charge in [0.25, 0.3) is 0 Å². The lowest BCUT2D eigenvalue weighted by molar-refractivity contribution is 0.317. The standard InChI is InChI=1S/C17H17ClN2O2/c1-3-21-17-13(11-20-2)5-4-6-15(17)22-16-9-14(18)8-7-12(16)10-19/h4-9,20H,3,11H2,1-2H3. The van der Waals surface area contributed by atoms with E-state index in [-0.39, 0.29) is 0 Å². The monoisotopic (exact) mass is 316 g/mol. The summed E-state index contributed by atoms with van der Waals surface area (Å²) in [6.45, 7) is 3.10. The fourth-order valence-electron chi connectivity index (χ4n) is 2.07. The van der Waals surface area contributed by atoms with Crippen molar-refractivity contribution in [3.8, 4) is 23.3 Å². The third-order valence-corrected chi connectivity index (χ3v) is 3.24. The van der Waals surface area contributed by atoms with E-state index in [9.17, 15) is 5.26 Å². The molecule has 1 N–H and O–H groups in total. The second kappa shape index (κ2) is 7.69. The van der Waals surface area contributed by atoms with E-state index in [1.165, 1.54) is 0 Å². The van der Waals surface area contributed by atoms with Gasteiger partial charge in [0.15, 0.2) is 11.5 Å². The predicted molar refractivity (Wildman–Crippen MR) is 86.6 cm³/mol. The maximum atomic E-state index is 9.18. The molecule has 0 unspecified atom stereocenters. The molecular formula is C17H17ClN2O2. The van der Waals surface area contributed by atoms with Crippen LogP contribution in [0.2, 0.25) is 5.02 Å². The predicted octanol–water partition coefficient (Wildman–Crippen LogP) is 4.12. The van der Waals surface area contributed by atoms with Crippen LogP contribution in [0.5, 0.6) is 17.2 Å². The third kappa shape index (κ3) is 3.70. The summed E-state index contributed by atoms with van der Waals surface area (Å²) in [5.74, 6) is 1.65. The van der Waals surface area contributed by atoms with Gasteiger partial charge >= 0.3 is 0 Å². The highest BCUT2D eigenvalue weighted by Crippen LogP contribution is 2.36. The summed E-state index contributed by atoms with van der Waals surface area (Å²) in [4.78, 5) is 0. The molecule has 0 fully saturated rings. The molecule has 4 nitrogen and oxygen atoms in total. The van der Waals surface area contributed by atoms with Crippen molar-refractivity contribution >= 4 is 11.6 Å². The van der Waals surface area contributed by atoms with E-state index < -0.39 is 0 Å². The molecular weight excluding hydrogens is 300 g/mol. The summed E-state index contributed by atoms with van der Waals surface area (Å²) < 4.78 is 11.6. The smallest absolute Gasteiger partial charge is 0.169 e. The molecule has 2 rings (SSSR count). The van der Waals surface area contributed by atoms with Crippen LogP contribution < -0.4 is 14.8 Å². The minimum absolute atomic E-state index is 0.414. The maximum absolute atomic E-state index is 9.18. The quantitative estimate of drug-likeness (QED) is 0.871. The molecule has 5 heteroatoms.